The summed E-state index contributed by atoms with van der Waals surface area (Å²) in [4.78, 5) is 0. The minimum atomic E-state index is -0.720. The van der Waals surface area contributed by atoms with Crippen molar-refractivity contribution in [3.8, 4) is 0 Å². The summed E-state index contributed by atoms with van der Waals surface area (Å²) in [6.45, 7) is -0.227. The van der Waals surface area contributed by atoms with Crippen molar-refractivity contribution in [3.63, 3.8) is 0 Å². The Bertz CT molecular complexity index is 423. The lowest BCUT2D eigenvalue weighted by Crippen LogP contribution is -2.36. The predicted octanol–water partition coefficient (Wildman–Crippen LogP) is 2.22. The summed E-state index contributed by atoms with van der Waals surface area (Å²) in [5.41, 5.74) is 1.13. The molecule has 2 rings (SSSR count). The Morgan fingerprint density at radius 3 is 1.30 bits per heavy atom. The van der Waals surface area contributed by atoms with Gasteiger partial charge in [-0.15, -0.1) is 0 Å². The third kappa shape index (κ3) is 3.67. The number of benzene rings is 2. The highest BCUT2D eigenvalue weighted by Crippen LogP contribution is 2.31. The van der Waals surface area contributed by atoms with E-state index in [2.05, 4.69) is 4.74 Å². The Balaban J connectivity index is 0.000000612. The minimum Gasteiger partial charge on any atom is -0.395 e. The summed E-state index contributed by atoms with van der Waals surface area (Å²) in [6.07, 6.45) is 0. The molecule has 0 aliphatic carbocycles. The van der Waals surface area contributed by atoms with E-state index >= 15 is 0 Å². The van der Waals surface area contributed by atoms with E-state index in [0.717, 1.165) is 11.1 Å². The third-order valence-corrected chi connectivity index (χ3v) is 3.19. The van der Waals surface area contributed by atoms with E-state index in [1.807, 2.05) is 60.7 Å². The van der Waals surface area contributed by atoms with E-state index < -0.39 is 5.41 Å². The largest absolute Gasteiger partial charge is 0.395 e. The molecule has 0 fully saturated rings. The Morgan fingerprint density at radius 2 is 1.05 bits per heavy atom. The van der Waals surface area contributed by atoms with Crippen molar-refractivity contribution in [2.24, 2.45) is 0 Å². The lowest BCUT2D eigenvalue weighted by atomic mass is 9.76. The van der Waals surface area contributed by atoms with Crippen LogP contribution in [0.4, 0.5) is 0 Å². The zero-order chi connectivity index (χ0) is 14.8. The molecule has 3 nitrogen and oxygen atoms in total. The minimum absolute atomic E-state index is 0.114. The van der Waals surface area contributed by atoms with E-state index in [1.165, 1.54) is 0 Å². The molecule has 0 spiro atoms. The molecule has 3 heteroatoms. The van der Waals surface area contributed by atoms with Crippen LogP contribution < -0.4 is 0 Å². The fourth-order valence-electron chi connectivity index (χ4n) is 2.10. The van der Waals surface area contributed by atoms with Gasteiger partial charge in [-0.25, -0.2) is 0 Å². The summed E-state index contributed by atoms with van der Waals surface area (Å²) >= 11 is 0. The highest BCUT2D eigenvalue weighted by Gasteiger charge is 2.32. The molecular weight excluding hydrogens is 252 g/mol. The molecule has 0 aliphatic rings. The summed E-state index contributed by atoms with van der Waals surface area (Å²) in [7, 11) is 3.25. The van der Waals surface area contributed by atoms with Crippen LogP contribution in [0.1, 0.15) is 11.1 Å². The molecule has 2 N–H and O–H groups in total. The number of methoxy groups -OCH3 is 1. The van der Waals surface area contributed by atoms with Crippen LogP contribution in [0.2, 0.25) is 0 Å². The summed E-state index contributed by atoms with van der Waals surface area (Å²) in [5.74, 6) is 0. The maximum Gasteiger partial charge on any atom is 0.0664 e. The first-order chi connectivity index (χ1) is 9.75. The second-order valence-electron chi connectivity index (χ2n) is 4.54. The first kappa shape index (κ1) is 16.4. The average Bonchev–Trinajstić information content (AvgIpc) is 2.52. The number of hydrogen-bond donors (Lipinski definition) is 2. The Morgan fingerprint density at radius 1 is 0.750 bits per heavy atom. The van der Waals surface area contributed by atoms with Crippen molar-refractivity contribution >= 4 is 0 Å². The van der Waals surface area contributed by atoms with E-state index in [4.69, 9.17) is 0 Å². The molecule has 0 radical (unpaired) electrons. The molecule has 0 unspecified atom stereocenters. The zero-order valence-electron chi connectivity index (χ0n) is 12.0. The van der Waals surface area contributed by atoms with Gasteiger partial charge in [0.05, 0.1) is 18.6 Å². The Hall–Kier alpha value is -1.68. The molecule has 0 amide bonds. The standard InChI is InChI=1S/C15H16O2.C2H6O/c16-11-15(12-17,13-7-3-1-4-8-13)14-9-5-2-6-10-14;1-3-2/h1-10,16-17H,11-12H2;1-2H3. The average molecular weight is 274 g/mol. The normalized spacial score (nSPS) is 10.6. The van der Waals surface area contributed by atoms with Gasteiger partial charge in [-0.2, -0.15) is 0 Å². The van der Waals surface area contributed by atoms with Gasteiger partial charge < -0.3 is 14.9 Å². The number of aliphatic hydroxyl groups excluding tert-OH is 2. The molecule has 2 aromatic rings. The summed E-state index contributed by atoms with van der Waals surface area (Å²) in [6, 6.07) is 19.2. The maximum absolute atomic E-state index is 9.72. The lowest BCUT2D eigenvalue weighted by Gasteiger charge is -2.31. The number of aliphatic hydroxyl groups is 2. The van der Waals surface area contributed by atoms with Crippen molar-refractivity contribution in [3.05, 3.63) is 71.8 Å². The smallest absolute Gasteiger partial charge is 0.0664 e. The second kappa shape index (κ2) is 8.48. The molecule has 0 aromatic heterocycles. The molecule has 0 bridgehead atoms. The van der Waals surface area contributed by atoms with Crippen LogP contribution in [0.3, 0.4) is 0 Å². The highest BCUT2D eigenvalue weighted by atomic mass is 16.4. The lowest BCUT2D eigenvalue weighted by molar-refractivity contribution is 0.143. The Kier molecular flexibility index (Phi) is 6.94. The fourth-order valence-corrected chi connectivity index (χ4v) is 2.10. The van der Waals surface area contributed by atoms with Crippen LogP contribution in [0, 0.1) is 0 Å². The van der Waals surface area contributed by atoms with Crippen LogP contribution >= 0.6 is 0 Å². The molecule has 20 heavy (non-hydrogen) atoms. The van der Waals surface area contributed by atoms with Gasteiger partial charge in [0.1, 0.15) is 0 Å². The van der Waals surface area contributed by atoms with Gasteiger partial charge >= 0.3 is 0 Å². The molecular formula is C17H22O3. The molecule has 0 saturated heterocycles. The molecule has 2 aromatic carbocycles. The van der Waals surface area contributed by atoms with E-state index in [9.17, 15) is 10.2 Å². The SMILES string of the molecule is COC.OCC(CO)(c1ccccc1)c1ccccc1. The van der Waals surface area contributed by atoms with Crippen LogP contribution in [0.5, 0.6) is 0 Å². The highest BCUT2D eigenvalue weighted by molar-refractivity contribution is 5.39. The van der Waals surface area contributed by atoms with Gasteiger partial charge in [0.25, 0.3) is 0 Å². The molecule has 108 valence electrons. The van der Waals surface area contributed by atoms with Crippen molar-refractivity contribution in [1.29, 1.82) is 0 Å². The topological polar surface area (TPSA) is 49.7 Å². The van der Waals surface area contributed by atoms with Gasteiger partial charge in [0.15, 0.2) is 0 Å². The van der Waals surface area contributed by atoms with Crippen LogP contribution in [0.15, 0.2) is 60.7 Å². The first-order valence-corrected chi connectivity index (χ1v) is 6.48. The fraction of sp³-hybridized carbons (Fsp3) is 0.294. The van der Waals surface area contributed by atoms with Crippen molar-refractivity contribution in [2.45, 2.75) is 5.41 Å². The van der Waals surface area contributed by atoms with Crippen LogP contribution in [-0.4, -0.2) is 37.6 Å². The van der Waals surface area contributed by atoms with Gasteiger partial charge in [-0.1, -0.05) is 60.7 Å². The first-order valence-electron chi connectivity index (χ1n) is 6.48. The summed E-state index contributed by atoms with van der Waals surface area (Å²) in [5, 5.41) is 19.4. The quantitative estimate of drug-likeness (QED) is 0.899. The van der Waals surface area contributed by atoms with Gasteiger partial charge in [-0.05, 0) is 11.1 Å². The second-order valence-corrected chi connectivity index (χ2v) is 4.54. The molecule has 0 aliphatic heterocycles. The molecule has 0 heterocycles. The van der Waals surface area contributed by atoms with Crippen molar-refractivity contribution in [2.75, 3.05) is 27.4 Å². The van der Waals surface area contributed by atoms with E-state index in [0.29, 0.717) is 0 Å². The van der Waals surface area contributed by atoms with E-state index in [1.54, 1.807) is 14.2 Å². The third-order valence-electron chi connectivity index (χ3n) is 3.19. The number of rotatable bonds is 4. The number of ether oxygens (including phenoxy) is 1. The van der Waals surface area contributed by atoms with Crippen molar-refractivity contribution < 1.29 is 14.9 Å². The molecule has 0 atom stereocenters. The zero-order valence-corrected chi connectivity index (χ0v) is 12.0. The van der Waals surface area contributed by atoms with Gasteiger partial charge in [0, 0.05) is 14.2 Å². The summed E-state index contributed by atoms with van der Waals surface area (Å²) < 4.78 is 4.25. The monoisotopic (exact) mass is 274 g/mol. The van der Waals surface area contributed by atoms with Crippen LogP contribution in [0.25, 0.3) is 0 Å². The Labute approximate surface area is 120 Å². The molecule has 0 saturated carbocycles. The number of hydrogen-bond acceptors (Lipinski definition) is 3. The maximum atomic E-state index is 9.72. The van der Waals surface area contributed by atoms with Crippen molar-refractivity contribution in [1.82, 2.24) is 0 Å². The van der Waals surface area contributed by atoms with Crippen LogP contribution in [-0.2, 0) is 10.2 Å². The van der Waals surface area contributed by atoms with Gasteiger partial charge in [0.2, 0.25) is 0 Å². The van der Waals surface area contributed by atoms with Gasteiger partial charge in [-0.3, -0.25) is 0 Å². The van der Waals surface area contributed by atoms with E-state index in [-0.39, 0.29) is 13.2 Å². The predicted molar refractivity (Wildman–Crippen MR) is 80.8 cm³/mol.